The van der Waals surface area contributed by atoms with Crippen LogP contribution in [0.5, 0.6) is 0 Å². The van der Waals surface area contributed by atoms with Crippen molar-refractivity contribution < 1.29 is 9.32 Å². The Labute approximate surface area is 193 Å². The molecule has 0 saturated carbocycles. The van der Waals surface area contributed by atoms with E-state index in [-0.39, 0.29) is 5.91 Å². The molecule has 0 spiro atoms. The van der Waals surface area contributed by atoms with Crippen LogP contribution < -0.4 is 10.2 Å². The Balaban J connectivity index is 1.42. The fourth-order valence-corrected chi connectivity index (χ4v) is 4.70. The van der Waals surface area contributed by atoms with Gasteiger partial charge in [-0.05, 0) is 56.3 Å². The number of aromatic nitrogens is 2. The van der Waals surface area contributed by atoms with Gasteiger partial charge in [0.15, 0.2) is 5.82 Å². The van der Waals surface area contributed by atoms with Crippen LogP contribution in [-0.2, 0) is 5.75 Å². The summed E-state index contributed by atoms with van der Waals surface area (Å²) in [6.07, 6.45) is 0. The second kappa shape index (κ2) is 10.2. The number of piperazine rings is 1. The number of hydrogen-bond donors (Lipinski definition) is 1. The maximum Gasteiger partial charge on any atom is 0.256 e. The highest BCUT2D eigenvalue weighted by Crippen LogP contribution is 2.28. The number of rotatable bonds is 7. The molecule has 1 aliphatic heterocycles. The van der Waals surface area contributed by atoms with Crippen LogP contribution in [0.4, 0.5) is 11.4 Å². The van der Waals surface area contributed by atoms with Crippen molar-refractivity contribution in [1.29, 1.82) is 0 Å². The third-order valence-electron chi connectivity index (χ3n) is 5.70. The molecule has 2 heterocycles. The first-order valence-corrected chi connectivity index (χ1v) is 11.9. The molecule has 32 heavy (non-hydrogen) atoms. The van der Waals surface area contributed by atoms with Gasteiger partial charge in [-0.15, -0.1) is 11.8 Å². The van der Waals surface area contributed by atoms with Gasteiger partial charge in [-0.2, -0.15) is 4.98 Å². The smallest absolute Gasteiger partial charge is 0.256 e. The lowest BCUT2D eigenvalue weighted by atomic mass is 10.1. The molecule has 0 bridgehead atoms. The number of hydrogen-bond acceptors (Lipinski definition) is 7. The van der Waals surface area contributed by atoms with Gasteiger partial charge in [0, 0.05) is 42.4 Å². The van der Waals surface area contributed by atoms with Crippen molar-refractivity contribution in [2.75, 3.05) is 42.9 Å². The number of likely N-dealkylation sites (N-methyl/N-ethyl adjacent to an activating group) is 1. The van der Waals surface area contributed by atoms with Gasteiger partial charge in [0.1, 0.15) is 0 Å². The van der Waals surface area contributed by atoms with Crippen LogP contribution in [0.25, 0.3) is 0 Å². The molecule has 1 aromatic heterocycles. The van der Waals surface area contributed by atoms with Crippen LogP contribution in [0.3, 0.4) is 0 Å². The fourth-order valence-electron chi connectivity index (χ4n) is 3.81. The van der Waals surface area contributed by atoms with Crippen LogP contribution in [0, 0.1) is 13.8 Å². The lowest BCUT2D eigenvalue weighted by Gasteiger charge is -2.35. The fraction of sp³-hybridized carbons (Fsp3) is 0.375. The van der Waals surface area contributed by atoms with Crippen LogP contribution in [-0.4, -0.2) is 53.7 Å². The monoisotopic (exact) mass is 451 g/mol. The largest absolute Gasteiger partial charge is 0.369 e. The van der Waals surface area contributed by atoms with E-state index < -0.39 is 0 Å². The predicted molar refractivity (Wildman–Crippen MR) is 128 cm³/mol. The molecule has 2 aromatic carbocycles. The average molecular weight is 452 g/mol. The normalized spacial score (nSPS) is 14.5. The van der Waals surface area contributed by atoms with Crippen LogP contribution in [0.1, 0.15) is 34.6 Å². The molecule has 0 aliphatic carbocycles. The number of benzene rings is 2. The first-order valence-electron chi connectivity index (χ1n) is 10.9. The van der Waals surface area contributed by atoms with Gasteiger partial charge in [-0.25, -0.2) is 0 Å². The van der Waals surface area contributed by atoms with Crippen molar-refractivity contribution in [2.24, 2.45) is 0 Å². The number of carbonyl (C=O) groups excluding carboxylic acids is 1. The molecule has 0 atom stereocenters. The summed E-state index contributed by atoms with van der Waals surface area (Å²) in [6, 6.07) is 13.9. The van der Waals surface area contributed by atoms with Crippen molar-refractivity contribution in [3.8, 4) is 0 Å². The van der Waals surface area contributed by atoms with Crippen LogP contribution >= 0.6 is 11.8 Å². The Morgan fingerprint density at radius 2 is 1.91 bits per heavy atom. The van der Waals surface area contributed by atoms with Crippen molar-refractivity contribution >= 4 is 29.0 Å². The Bertz CT molecular complexity index is 1080. The highest BCUT2D eigenvalue weighted by atomic mass is 32.2. The maximum atomic E-state index is 13.1. The van der Waals surface area contributed by atoms with Crippen molar-refractivity contribution in [2.45, 2.75) is 31.4 Å². The summed E-state index contributed by atoms with van der Waals surface area (Å²) in [5.74, 6) is 1.55. The minimum absolute atomic E-state index is 0.123. The second-order valence-electron chi connectivity index (χ2n) is 7.89. The van der Waals surface area contributed by atoms with E-state index in [0.29, 0.717) is 23.0 Å². The van der Waals surface area contributed by atoms with Crippen LogP contribution in [0.15, 0.2) is 51.9 Å². The van der Waals surface area contributed by atoms with Gasteiger partial charge in [0.2, 0.25) is 5.89 Å². The zero-order chi connectivity index (χ0) is 22.5. The Morgan fingerprint density at radius 3 is 2.59 bits per heavy atom. The summed E-state index contributed by atoms with van der Waals surface area (Å²) in [6.45, 7) is 11.4. The quantitative estimate of drug-likeness (QED) is 0.535. The van der Waals surface area contributed by atoms with E-state index >= 15 is 0 Å². The van der Waals surface area contributed by atoms with E-state index in [1.54, 1.807) is 6.92 Å². The average Bonchev–Trinajstić information content (AvgIpc) is 3.24. The lowest BCUT2D eigenvalue weighted by Crippen LogP contribution is -2.46. The molecule has 1 amide bonds. The van der Waals surface area contributed by atoms with E-state index in [1.165, 1.54) is 17.4 Å². The third kappa shape index (κ3) is 5.31. The number of amides is 1. The number of nitrogens with one attached hydrogen (secondary N) is 1. The number of carbonyl (C=O) groups is 1. The number of aryl methyl sites for hydroxylation is 2. The van der Waals surface area contributed by atoms with Crippen molar-refractivity contribution in [3.63, 3.8) is 0 Å². The summed E-state index contributed by atoms with van der Waals surface area (Å²) in [5.41, 5.74) is 3.73. The SMILES string of the molecule is CCN1CCN(c2ccc(NC(=O)c3ccccc3SCc3nc(C)no3)c(C)c2)CC1. The molecule has 0 radical (unpaired) electrons. The number of anilines is 2. The molecule has 3 aromatic rings. The Hall–Kier alpha value is -2.84. The summed E-state index contributed by atoms with van der Waals surface area (Å²) >= 11 is 1.51. The first-order chi connectivity index (χ1) is 15.5. The van der Waals surface area contributed by atoms with E-state index in [9.17, 15) is 4.79 Å². The second-order valence-corrected chi connectivity index (χ2v) is 8.91. The molecule has 4 rings (SSSR count). The Kier molecular flexibility index (Phi) is 7.12. The topological polar surface area (TPSA) is 74.5 Å². The maximum absolute atomic E-state index is 13.1. The summed E-state index contributed by atoms with van der Waals surface area (Å²) in [4.78, 5) is 23.1. The number of thioether (sulfide) groups is 1. The van der Waals surface area contributed by atoms with Gasteiger partial charge in [0.25, 0.3) is 5.91 Å². The predicted octanol–water partition coefficient (Wildman–Crippen LogP) is 4.37. The molecule has 168 valence electrons. The summed E-state index contributed by atoms with van der Waals surface area (Å²) in [7, 11) is 0. The standard InChI is InChI=1S/C24H29N5O2S/c1-4-28-11-13-29(14-12-28)19-9-10-21(17(2)15-19)26-24(30)20-7-5-6-8-22(20)32-16-23-25-18(3)27-31-23/h5-10,15H,4,11-14,16H2,1-3H3,(H,26,30). The zero-order valence-electron chi connectivity index (χ0n) is 18.8. The molecule has 8 heteroatoms. The van der Waals surface area contributed by atoms with E-state index in [2.05, 4.69) is 44.3 Å². The van der Waals surface area contributed by atoms with E-state index in [0.717, 1.165) is 48.9 Å². The van der Waals surface area contributed by atoms with Gasteiger partial charge < -0.3 is 19.6 Å². The molecular weight excluding hydrogens is 422 g/mol. The number of nitrogens with zero attached hydrogens (tertiary/aromatic N) is 4. The van der Waals surface area contributed by atoms with Crippen molar-refractivity contribution in [1.82, 2.24) is 15.0 Å². The van der Waals surface area contributed by atoms with E-state index in [4.69, 9.17) is 4.52 Å². The van der Waals surface area contributed by atoms with Crippen LogP contribution in [0.2, 0.25) is 0 Å². The highest BCUT2D eigenvalue weighted by Gasteiger charge is 2.18. The van der Waals surface area contributed by atoms with Gasteiger partial charge in [-0.3, -0.25) is 4.79 Å². The van der Waals surface area contributed by atoms with Gasteiger partial charge in [0.05, 0.1) is 11.3 Å². The molecule has 1 fully saturated rings. The zero-order valence-corrected chi connectivity index (χ0v) is 19.6. The van der Waals surface area contributed by atoms with Gasteiger partial charge in [-0.1, -0.05) is 24.2 Å². The molecule has 7 nitrogen and oxygen atoms in total. The third-order valence-corrected chi connectivity index (χ3v) is 6.75. The highest BCUT2D eigenvalue weighted by molar-refractivity contribution is 7.98. The molecule has 0 unspecified atom stereocenters. The lowest BCUT2D eigenvalue weighted by molar-refractivity contribution is 0.102. The minimum Gasteiger partial charge on any atom is -0.369 e. The Morgan fingerprint density at radius 1 is 1.12 bits per heavy atom. The first kappa shape index (κ1) is 22.4. The molecule has 1 N–H and O–H groups in total. The van der Waals surface area contributed by atoms with Crippen molar-refractivity contribution in [3.05, 3.63) is 65.3 Å². The summed E-state index contributed by atoms with van der Waals surface area (Å²) in [5, 5.41) is 6.90. The molecular formula is C24H29N5O2S. The van der Waals surface area contributed by atoms with Gasteiger partial charge >= 0.3 is 0 Å². The van der Waals surface area contributed by atoms with E-state index in [1.807, 2.05) is 37.3 Å². The summed E-state index contributed by atoms with van der Waals surface area (Å²) < 4.78 is 5.18. The molecule has 1 aliphatic rings. The molecule has 1 saturated heterocycles. The minimum atomic E-state index is -0.123.